The zero-order valence-corrected chi connectivity index (χ0v) is 19.8. The van der Waals surface area contributed by atoms with Crippen molar-refractivity contribution in [2.75, 3.05) is 23.9 Å². The summed E-state index contributed by atoms with van der Waals surface area (Å²) < 4.78 is 0. The van der Waals surface area contributed by atoms with Gasteiger partial charge in [-0.3, -0.25) is 9.59 Å². The molecule has 4 saturated carbocycles. The van der Waals surface area contributed by atoms with Crippen LogP contribution in [0.3, 0.4) is 0 Å². The average molecular weight is 443 g/mol. The summed E-state index contributed by atoms with van der Waals surface area (Å²) >= 11 is 0. The van der Waals surface area contributed by atoms with Crippen molar-refractivity contribution in [1.29, 1.82) is 0 Å². The van der Waals surface area contributed by atoms with E-state index in [1.165, 1.54) is 0 Å². The van der Waals surface area contributed by atoms with Gasteiger partial charge in [-0.1, -0.05) is 62.1 Å². The largest absolute Gasteiger partial charge is 0.367 e. The van der Waals surface area contributed by atoms with Gasteiger partial charge in [-0.05, 0) is 49.9 Å². The smallest absolute Gasteiger partial charge is 0.156 e. The zero-order chi connectivity index (χ0) is 22.8. The highest BCUT2D eigenvalue weighted by atomic mass is 16.2. The lowest BCUT2D eigenvalue weighted by Gasteiger charge is -2.80. The Labute approximate surface area is 197 Å². The molecule has 0 saturated heterocycles. The van der Waals surface area contributed by atoms with E-state index in [9.17, 15) is 9.59 Å². The Kier molecular flexibility index (Phi) is 4.56. The standard InChI is InChI=1S/C29H34N2O2/c1-30(21-13-5-3-6-14-21)27-19-11-9-17-23(27)25(32)29(27)26(33)24-18-10-12-20-28(24,29)31(2)22-15-7-4-8-16-22/h3-8,13-16,23-24H,9-12,17-20H2,1-2H3. The number of fused-ring (bicyclic) bond motifs is 4. The molecule has 0 N–H and O–H groups in total. The lowest BCUT2D eigenvalue weighted by molar-refractivity contribution is -0.216. The van der Waals surface area contributed by atoms with Gasteiger partial charge in [-0.2, -0.15) is 0 Å². The Morgan fingerprint density at radius 2 is 1.03 bits per heavy atom. The van der Waals surface area contributed by atoms with Crippen LogP contribution in [-0.4, -0.2) is 36.7 Å². The molecule has 0 aromatic heterocycles. The minimum absolute atomic E-state index is 0.0515. The summed E-state index contributed by atoms with van der Waals surface area (Å²) in [7, 11) is 4.28. The number of carbonyl (C=O) groups excluding carboxylic acids is 2. The quantitative estimate of drug-likeness (QED) is 0.605. The van der Waals surface area contributed by atoms with Crippen molar-refractivity contribution in [3.8, 4) is 0 Å². The molecule has 0 aliphatic heterocycles. The highest BCUT2D eigenvalue weighted by molar-refractivity contribution is 6.24. The molecule has 4 heteroatoms. The molecular weight excluding hydrogens is 408 g/mol. The number of hydrogen-bond acceptors (Lipinski definition) is 4. The van der Waals surface area contributed by atoms with E-state index in [-0.39, 0.29) is 23.4 Å². The molecule has 33 heavy (non-hydrogen) atoms. The molecule has 4 unspecified atom stereocenters. The van der Waals surface area contributed by atoms with E-state index in [2.05, 4.69) is 72.4 Å². The Morgan fingerprint density at radius 3 is 1.42 bits per heavy atom. The molecule has 6 rings (SSSR count). The van der Waals surface area contributed by atoms with Crippen LogP contribution in [0.25, 0.3) is 0 Å². The van der Waals surface area contributed by atoms with Gasteiger partial charge in [0.25, 0.3) is 0 Å². The van der Waals surface area contributed by atoms with Crippen LogP contribution in [0.2, 0.25) is 0 Å². The number of rotatable bonds is 4. The summed E-state index contributed by atoms with van der Waals surface area (Å²) in [5.41, 5.74) is 0.419. The van der Waals surface area contributed by atoms with Crippen molar-refractivity contribution in [3.05, 3.63) is 60.7 Å². The summed E-state index contributed by atoms with van der Waals surface area (Å²) in [4.78, 5) is 33.2. The normalized spacial score (nSPS) is 36.9. The third-order valence-corrected chi connectivity index (χ3v) is 9.91. The molecule has 4 aliphatic rings. The first-order valence-corrected chi connectivity index (χ1v) is 12.7. The molecule has 4 fully saturated rings. The molecule has 4 aliphatic carbocycles. The third kappa shape index (κ3) is 2.23. The van der Waals surface area contributed by atoms with Crippen LogP contribution in [0, 0.1) is 17.3 Å². The van der Waals surface area contributed by atoms with E-state index in [1.54, 1.807) is 0 Å². The maximum absolute atomic E-state index is 14.3. The number of benzene rings is 2. The van der Waals surface area contributed by atoms with E-state index >= 15 is 0 Å². The molecule has 0 heterocycles. The fourth-order valence-corrected chi connectivity index (χ4v) is 8.69. The number of para-hydroxylation sites is 2. The summed E-state index contributed by atoms with van der Waals surface area (Å²) in [6, 6.07) is 20.8. The summed E-state index contributed by atoms with van der Waals surface area (Å²) in [6.45, 7) is 0. The predicted molar refractivity (Wildman–Crippen MR) is 132 cm³/mol. The topological polar surface area (TPSA) is 40.6 Å². The van der Waals surface area contributed by atoms with Gasteiger partial charge in [0.2, 0.25) is 0 Å². The highest BCUT2D eigenvalue weighted by Crippen LogP contribution is 2.76. The van der Waals surface area contributed by atoms with Crippen LogP contribution < -0.4 is 9.80 Å². The SMILES string of the molecule is CN(c1ccccc1)C12CCCCC1C(=O)C21C(=O)C2CCCCC21N(C)c1ccccc1. The van der Waals surface area contributed by atoms with Gasteiger partial charge < -0.3 is 9.80 Å². The predicted octanol–water partition coefficient (Wildman–Crippen LogP) is 5.27. The maximum atomic E-state index is 14.3. The monoisotopic (exact) mass is 442 g/mol. The number of hydrogen-bond donors (Lipinski definition) is 0. The number of nitrogens with zero attached hydrogens (tertiary/aromatic N) is 2. The van der Waals surface area contributed by atoms with Crippen LogP contribution in [0.15, 0.2) is 60.7 Å². The second-order valence-electron chi connectivity index (χ2n) is 10.7. The summed E-state index contributed by atoms with van der Waals surface area (Å²) in [6.07, 6.45) is 7.94. The second kappa shape index (κ2) is 7.19. The Hall–Kier alpha value is -2.62. The third-order valence-electron chi connectivity index (χ3n) is 9.91. The van der Waals surface area contributed by atoms with Crippen LogP contribution in [-0.2, 0) is 9.59 Å². The van der Waals surface area contributed by atoms with Crippen molar-refractivity contribution in [1.82, 2.24) is 0 Å². The van der Waals surface area contributed by atoms with Crippen molar-refractivity contribution in [2.24, 2.45) is 17.3 Å². The first-order chi connectivity index (χ1) is 16.0. The minimum Gasteiger partial charge on any atom is -0.367 e. The van der Waals surface area contributed by atoms with Crippen LogP contribution >= 0.6 is 0 Å². The molecular formula is C29H34N2O2. The molecule has 2 aromatic rings. The molecule has 1 spiro atoms. The highest BCUT2D eigenvalue weighted by Gasteiger charge is 2.91. The van der Waals surface area contributed by atoms with Crippen LogP contribution in [0.1, 0.15) is 51.4 Å². The van der Waals surface area contributed by atoms with Gasteiger partial charge in [0.05, 0.1) is 11.1 Å². The van der Waals surface area contributed by atoms with Crippen molar-refractivity contribution in [3.63, 3.8) is 0 Å². The van der Waals surface area contributed by atoms with Crippen LogP contribution in [0.5, 0.6) is 0 Å². The van der Waals surface area contributed by atoms with E-state index in [4.69, 9.17) is 0 Å². The van der Waals surface area contributed by atoms with Gasteiger partial charge in [-0.25, -0.2) is 0 Å². The van der Waals surface area contributed by atoms with Gasteiger partial charge >= 0.3 is 0 Å². The molecule has 0 bridgehead atoms. The molecule has 2 aromatic carbocycles. The van der Waals surface area contributed by atoms with Crippen molar-refractivity contribution in [2.45, 2.75) is 62.4 Å². The lowest BCUT2D eigenvalue weighted by Crippen LogP contribution is -2.97. The number of anilines is 2. The molecule has 4 atom stereocenters. The Bertz CT molecular complexity index is 996. The maximum Gasteiger partial charge on any atom is 0.156 e. The molecule has 4 nitrogen and oxygen atoms in total. The summed E-state index contributed by atoms with van der Waals surface area (Å²) in [5, 5.41) is 0. The van der Waals surface area contributed by atoms with E-state index in [1.807, 2.05) is 12.1 Å². The molecule has 172 valence electrons. The van der Waals surface area contributed by atoms with Gasteiger partial charge in [-0.15, -0.1) is 0 Å². The molecule has 0 radical (unpaired) electrons. The second-order valence-corrected chi connectivity index (χ2v) is 10.7. The van der Waals surface area contributed by atoms with Gasteiger partial charge in [0, 0.05) is 37.3 Å². The molecule has 0 amide bonds. The van der Waals surface area contributed by atoms with Gasteiger partial charge in [0.15, 0.2) is 11.6 Å². The Balaban J connectivity index is 1.57. The van der Waals surface area contributed by atoms with E-state index < -0.39 is 16.5 Å². The Morgan fingerprint density at radius 1 is 0.636 bits per heavy atom. The fourth-order valence-electron chi connectivity index (χ4n) is 8.69. The first kappa shape index (κ1) is 20.9. The first-order valence-electron chi connectivity index (χ1n) is 12.7. The van der Waals surface area contributed by atoms with Crippen molar-refractivity contribution < 1.29 is 9.59 Å². The van der Waals surface area contributed by atoms with Gasteiger partial charge in [0.1, 0.15) is 5.41 Å². The number of carbonyl (C=O) groups is 2. The summed E-state index contributed by atoms with van der Waals surface area (Å²) in [5.74, 6) is 0.362. The lowest BCUT2D eigenvalue weighted by atomic mass is 9.26. The number of ketones is 2. The average Bonchev–Trinajstić information content (AvgIpc) is 2.87. The van der Waals surface area contributed by atoms with Crippen molar-refractivity contribution >= 4 is 22.9 Å². The minimum atomic E-state index is -0.939. The zero-order valence-electron chi connectivity index (χ0n) is 19.8. The fraction of sp³-hybridized carbons (Fsp3) is 0.517. The van der Waals surface area contributed by atoms with E-state index in [0.29, 0.717) is 0 Å². The van der Waals surface area contributed by atoms with E-state index in [0.717, 1.165) is 62.7 Å². The number of Topliss-reactive ketones (excluding diaryl/α,β-unsaturated/α-hetero) is 2. The van der Waals surface area contributed by atoms with Crippen LogP contribution in [0.4, 0.5) is 11.4 Å².